The van der Waals surface area contributed by atoms with E-state index < -0.39 is 0 Å². The molecule has 0 saturated heterocycles. The van der Waals surface area contributed by atoms with Gasteiger partial charge in [0.2, 0.25) is 0 Å². The zero-order valence-electron chi connectivity index (χ0n) is 4.53. The van der Waals surface area contributed by atoms with Crippen molar-refractivity contribution in [1.29, 1.82) is 0 Å². The molecule has 1 aromatic heterocycles. The maximum Gasteiger partial charge on any atom is 0.118 e. The highest BCUT2D eigenvalue weighted by atomic mass is 35.5. The second-order valence-corrected chi connectivity index (χ2v) is 2.73. The van der Waals surface area contributed by atoms with Crippen molar-refractivity contribution in [3.63, 3.8) is 0 Å². The molecule has 0 aliphatic rings. The van der Waals surface area contributed by atoms with Crippen LogP contribution in [-0.4, -0.2) is 9.97 Å². The van der Waals surface area contributed by atoms with Gasteiger partial charge in [-0.3, -0.25) is 0 Å². The predicted molar refractivity (Wildman–Crippen MR) is 39.6 cm³/mol. The maximum absolute atomic E-state index is 5.58. The average molecular weight is 161 g/mol. The number of nitrogens with zero attached hydrogens (tertiary/aromatic N) is 2. The number of halogens is 1. The van der Waals surface area contributed by atoms with E-state index in [1.54, 1.807) is 12.3 Å². The van der Waals surface area contributed by atoms with Crippen LogP contribution in [0, 0.1) is 0 Å². The molecule has 0 amide bonds. The molecule has 48 valence electrons. The molecule has 0 aliphatic heterocycles. The lowest BCUT2D eigenvalue weighted by Crippen LogP contribution is -1.86. The van der Waals surface area contributed by atoms with E-state index in [2.05, 4.69) is 22.6 Å². The fourth-order valence-corrected chi connectivity index (χ4v) is 0.724. The second-order valence-electron chi connectivity index (χ2n) is 1.47. The van der Waals surface area contributed by atoms with E-state index in [1.807, 2.05) is 0 Å². The first-order valence-corrected chi connectivity index (χ1v) is 3.34. The molecule has 0 fully saturated rings. The summed E-state index contributed by atoms with van der Waals surface area (Å²) in [4.78, 5) is 7.58. The average Bonchev–Trinajstić information content (AvgIpc) is 1.90. The van der Waals surface area contributed by atoms with Gasteiger partial charge in [-0.15, -0.1) is 11.6 Å². The Morgan fingerprint density at radius 2 is 2.44 bits per heavy atom. The third kappa shape index (κ3) is 1.84. The third-order valence-corrected chi connectivity index (χ3v) is 1.34. The summed E-state index contributed by atoms with van der Waals surface area (Å²) in [7, 11) is 0. The molecule has 0 aromatic carbocycles. The molecule has 0 radical (unpaired) electrons. The van der Waals surface area contributed by atoms with E-state index in [4.69, 9.17) is 11.6 Å². The molecule has 0 N–H and O–H groups in total. The van der Waals surface area contributed by atoms with Crippen LogP contribution in [0.3, 0.4) is 0 Å². The summed E-state index contributed by atoms with van der Waals surface area (Å²) < 4.78 is -0.326. The molecule has 9 heavy (non-hydrogen) atoms. The summed E-state index contributed by atoms with van der Waals surface area (Å²) in [5.74, 6) is 0. The minimum Gasteiger partial charge on any atom is -0.245 e. The number of hydrogen-bond acceptors (Lipinski definition) is 3. The first-order valence-electron chi connectivity index (χ1n) is 2.39. The minimum atomic E-state index is -0.326. The zero-order chi connectivity index (χ0) is 6.69. The van der Waals surface area contributed by atoms with Crippen molar-refractivity contribution in [3.05, 3.63) is 24.3 Å². The van der Waals surface area contributed by atoms with Crippen molar-refractivity contribution in [2.45, 2.75) is 4.71 Å². The van der Waals surface area contributed by atoms with Gasteiger partial charge in [0, 0.05) is 6.20 Å². The van der Waals surface area contributed by atoms with Gasteiger partial charge in [0.1, 0.15) is 11.0 Å². The summed E-state index contributed by atoms with van der Waals surface area (Å²) >= 11 is 9.54. The molecule has 0 spiro atoms. The summed E-state index contributed by atoms with van der Waals surface area (Å²) in [5.41, 5.74) is 0.731. The van der Waals surface area contributed by atoms with Gasteiger partial charge in [0.05, 0.1) is 5.69 Å². The van der Waals surface area contributed by atoms with Crippen molar-refractivity contribution >= 4 is 24.2 Å². The number of rotatable bonds is 1. The van der Waals surface area contributed by atoms with E-state index in [9.17, 15) is 0 Å². The van der Waals surface area contributed by atoms with Crippen molar-refractivity contribution in [2.24, 2.45) is 0 Å². The van der Waals surface area contributed by atoms with Gasteiger partial charge in [0.25, 0.3) is 0 Å². The Bertz CT molecular complexity index is 178. The van der Waals surface area contributed by atoms with Gasteiger partial charge in [-0.1, -0.05) is 0 Å². The normalized spacial score (nSPS) is 13.1. The Morgan fingerprint density at radius 1 is 1.67 bits per heavy atom. The molecule has 1 atom stereocenters. The van der Waals surface area contributed by atoms with Crippen LogP contribution >= 0.6 is 24.2 Å². The van der Waals surface area contributed by atoms with Crippen LogP contribution < -0.4 is 0 Å². The van der Waals surface area contributed by atoms with E-state index >= 15 is 0 Å². The monoisotopic (exact) mass is 160 g/mol. The molecule has 1 rings (SSSR count). The lowest BCUT2D eigenvalue weighted by molar-refractivity contribution is 1.08. The Kier molecular flexibility index (Phi) is 2.30. The van der Waals surface area contributed by atoms with Crippen molar-refractivity contribution in [3.8, 4) is 0 Å². The molecule has 1 unspecified atom stereocenters. The summed E-state index contributed by atoms with van der Waals surface area (Å²) in [6, 6.07) is 1.73. The van der Waals surface area contributed by atoms with E-state index in [1.165, 1.54) is 6.33 Å². The van der Waals surface area contributed by atoms with E-state index in [0.29, 0.717) is 0 Å². The second kappa shape index (κ2) is 3.03. The van der Waals surface area contributed by atoms with Crippen LogP contribution in [-0.2, 0) is 0 Å². The molecular formula is C5H5ClN2S. The topological polar surface area (TPSA) is 25.8 Å². The first kappa shape index (κ1) is 6.83. The lowest BCUT2D eigenvalue weighted by atomic mass is 10.5. The maximum atomic E-state index is 5.58. The fourth-order valence-electron chi connectivity index (χ4n) is 0.442. The van der Waals surface area contributed by atoms with Crippen LogP contribution in [0.15, 0.2) is 18.6 Å². The quantitative estimate of drug-likeness (QED) is 0.499. The Labute approximate surface area is 63.7 Å². The largest absolute Gasteiger partial charge is 0.245 e. The minimum absolute atomic E-state index is 0.326. The van der Waals surface area contributed by atoms with Crippen molar-refractivity contribution in [1.82, 2.24) is 9.97 Å². The highest BCUT2D eigenvalue weighted by Crippen LogP contribution is 2.20. The summed E-state index contributed by atoms with van der Waals surface area (Å²) in [6.07, 6.45) is 3.08. The molecule has 1 aromatic rings. The van der Waals surface area contributed by atoms with Gasteiger partial charge in [-0.2, -0.15) is 12.6 Å². The number of thiol groups is 1. The smallest absolute Gasteiger partial charge is 0.118 e. The van der Waals surface area contributed by atoms with Crippen molar-refractivity contribution in [2.75, 3.05) is 0 Å². The number of aromatic nitrogens is 2. The van der Waals surface area contributed by atoms with Gasteiger partial charge >= 0.3 is 0 Å². The van der Waals surface area contributed by atoms with Gasteiger partial charge < -0.3 is 0 Å². The van der Waals surface area contributed by atoms with Crippen LogP contribution in [0.4, 0.5) is 0 Å². The van der Waals surface area contributed by atoms with Crippen LogP contribution in [0.1, 0.15) is 10.4 Å². The van der Waals surface area contributed by atoms with E-state index in [-0.39, 0.29) is 4.71 Å². The Hall–Kier alpha value is -0.280. The van der Waals surface area contributed by atoms with Crippen molar-refractivity contribution < 1.29 is 0 Å². The highest BCUT2D eigenvalue weighted by molar-refractivity contribution is 7.81. The van der Waals surface area contributed by atoms with E-state index in [0.717, 1.165) is 5.69 Å². The summed E-state index contributed by atoms with van der Waals surface area (Å²) in [5, 5.41) is 0. The van der Waals surface area contributed by atoms with Gasteiger partial charge in [0.15, 0.2) is 0 Å². The van der Waals surface area contributed by atoms with Crippen LogP contribution in [0.2, 0.25) is 0 Å². The SMILES string of the molecule is SC(Cl)c1ccncn1. The zero-order valence-corrected chi connectivity index (χ0v) is 6.18. The number of alkyl halides is 1. The summed E-state index contributed by atoms with van der Waals surface area (Å²) in [6.45, 7) is 0. The molecule has 4 heteroatoms. The Balaban J connectivity index is 2.85. The highest BCUT2D eigenvalue weighted by Gasteiger charge is 1.99. The predicted octanol–water partition coefficient (Wildman–Crippen LogP) is 1.64. The molecule has 0 bridgehead atoms. The standard InChI is InChI=1S/C5H5ClN2S/c6-5(9)4-1-2-7-3-8-4/h1-3,5,9H. The van der Waals surface area contributed by atoms with Crippen LogP contribution in [0.5, 0.6) is 0 Å². The molecular weight excluding hydrogens is 156 g/mol. The molecule has 1 heterocycles. The van der Waals surface area contributed by atoms with Crippen LogP contribution in [0.25, 0.3) is 0 Å². The molecule has 0 aliphatic carbocycles. The number of hydrogen-bond donors (Lipinski definition) is 1. The van der Waals surface area contributed by atoms with Gasteiger partial charge in [-0.05, 0) is 6.07 Å². The first-order chi connectivity index (χ1) is 4.30. The third-order valence-electron chi connectivity index (χ3n) is 0.849. The Morgan fingerprint density at radius 3 is 2.78 bits per heavy atom. The molecule has 0 saturated carbocycles. The fraction of sp³-hybridized carbons (Fsp3) is 0.200. The lowest BCUT2D eigenvalue weighted by Gasteiger charge is -1.96. The van der Waals surface area contributed by atoms with Gasteiger partial charge in [-0.25, -0.2) is 9.97 Å². The molecule has 2 nitrogen and oxygen atoms in total.